The fourth-order valence-corrected chi connectivity index (χ4v) is 1.50. The van der Waals surface area contributed by atoms with Gasteiger partial charge in [-0.3, -0.25) is 0 Å². The summed E-state index contributed by atoms with van der Waals surface area (Å²) in [4.78, 5) is 10.7. The van der Waals surface area contributed by atoms with E-state index < -0.39 is 6.09 Å². The molecule has 1 unspecified atom stereocenters. The minimum Gasteiger partial charge on any atom is -0.452 e. The summed E-state index contributed by atoms with van der Waals surface area (Å²) in [6, 6.07) is 0. The Morgan fingerprint density at radius 3 is 3.00 bits per heavy atom. The molecule has 0 spiro atoms. The van der Waals surface area contributed by atoms with Crippen LogP contribution in [0.1, 0.15) is 32.6 Å². The molecule has 0 aromatic heterocycles. The zero-order chi connectivity index (χ0) is 9.68. The number of ether oxygens (including phenoxy) is 1. The molecule has 1 N–H and O–H groups in total. The van der Waals surface area contributed by atoms with E-state index in [1.807, 2.05) is 0 Å². The Hall–Kier alpha value is -1.06. The van der Waals surface area contributed by atoms with Crippen LogP contribution in [0.5, 0.6) is 0 Å². The summed E-state index contributed by atoms with van der Waals surface area (Å²) in [5, 5.41) is 4.03. The zero-order valence-electron chi connectivity index (χ0n) is 8.17. The van der Waals surface area contributed by atoms with Crippen molar-refractivity contribution in [3.05, 3.63) is 0 Å². The van der Waals surface area contributed by atoms with E-state index in [0.717, 1.165) is 12.1 Å². The Balaban J connectivity index is 2.43. The maximum Gasteiger partial charge on any atom is 0.427 e. The van der Waals surface area contributed by atoms with Crippen molar-refractivity contribution in [2.75, 3.05) is 7.11 Å². The van der Waals surface area contributed by atoms with Crippen LogP contribution in [-0.4, -0.2) is 18.9 Å². The molecule has 1 aliphatic carbocycles. The van der Waals surface area contributed by atoms with Crippen LogP contribution in [0.15, 0.2) is 5.10 Å². The summed E-state index contributed by atoms with van der Waals surface area (Å²) >= 11 is 0. The number of nitrogens with zero attached hydrogens (tertiary/aromatic N) is 1. The van der Waals surface area contributed by atoms with Gasteiger partial charge in [0.05, 0.1) is 7.11 Å². The Labute approximate surface area is 78.3 Å². The molecule has 0 heterocycles. The summed E-state index contributed by atoms with van der Waals surface area (Å²) in [6.45, 7) is 2.14. The minimum absolute atomic E-state index is 0.492. The highest BCUT2D eigenvalue weighted by atomic mass is 16.5. The zero-order valence-corrected chi connectivity index (χ0v) is 8.17. The lowest BCUT2D eigenvalue weighted by Crippen LogP contribution is -2.23. The third-order valence-corrected chi connectivity index (χ3v) is 2.37. The Morgan fingerprint density at radius 1 is 1.62 bits per heavy atom. The molecule has 0 aliphatic heterocycles. The van der Waals surface area contributed by atoms with Crippen molar-refractivity contribution in [3.63, 3.8) is 0 Å². The standard InChI is InChI=1S/C9H16N2O2/c1-7-5-3-4-6-8(7)10-11-9(12)13-2/h7H,3-6H2,1-2H3,(H,11,12). The van der Waals surface area contributed by atoms with Crippen LogP contribution in [0, 0.1) is 5.92 Å². The van der Waals surface area contributed by atoms with Crippen molar-refractivity contribution in [3.8, 4) is 0 Å². The molecule has 1 fully saturated rings. The molecule has 1 rings (SSSR count). The number of hydrogen-bond acceptors (Lipinski definition) is 3. The number of nitrogens with one attached hydrogen (secondary N) is 1. The van der Waals surface area contributed by atoms with Gasteiger partial charge in [0.15, 0.2) is 0 Å². The molecule has 1 amide bonds. The molecule has 4 nitrogen and oxygen atoms in total. The van der Waals surface area contributed by atoms with Gasteiger partial charge in [0.2, 0.25) is 0 Å². The fourth-order valence-electron chi connectivity index (χ4n) is 1.50. The lowest BCUT2D eigenvalue weighted by atomic mass is 9.89. The number of carbonyl (C=O) groups excluding carboxylic acids is 1. The number of rotatable bonds is 1. The van der Waals surface area contributed by atoms with Gasteiger partial charge < -0.3 is 4.74 Å². The van der Waals surface area contributed by atoms with E-state index in [1.165, 1.54) is 26.4 Å². The first-order valence-electron chi connectivity index (χ1n) is 4.64. The molecule has 0 aromatic carbocycles. The lowest BCUT2D eigenvalue weighted by Gasteiger charge is -2.19. The SMILES string of the molecule is COC(=O)NN=C1CCCCC1C. The summed E-state index contributed by atoms with van der Waals surface area (Å²) in [6.07, 6.45) is 4.10. The smallest absolute Gasteiger partial charge is 0.427 e. The van der Waals surface area contributed by atoms with Crippen LogP contribution < -0.4 is 5.43 Å². The molecule has 74 valence electrons. The number of amides is 1. The lowest BCUT2D eigenvalue weighted by molar-refractivity contribution is 0.171. The van der Waals surface area contributed by atoms with Crippen molar-refractivity contribution in [1.29, 1.82) is 0 Å². The molecule has 4 heteroatoms. The second kappa shape index (κ2) is 4.84. The molecule has 0 saturated heterocycles. The van der Waals surface area contributed by atoms with Crippen LogP contribution in [0.2, 0.25) is 0 Å². The highest BCUT2D eigenvalue weighted by molar-refractivity contribution is 5.87. The van der Waals surface area contributed by atoms with Crippen molar-refractivity contribution >= 4 is 11.8 Å². The van der Waals surface area contributed by atoms with E-state index in [1.54, 1.807) is 0 Å². The second-order valence-electron chi connectivity index (χ2n) is 3.35. The van der Waals surface area contributed by atoms with Gasteiger partial charge in [-0.15, -0.1) is 0 Å². The van der Waals surface area contributed by atoms with Gasteiger partial charge in [-0.1, -0.05) is 13.3 Å². The number of methoxy groups -OCH3 is 1. The average molecular weight is 184 g/mol. The van der Waals surface area contributed by atoms with E-state index in [4.69, 9.17) is 0 Å². The van der Waals surface area contributed by atoms with Gasteiger partial charge in [-0.2, -0.15) is 5.10 Å². The predicted octanol–water partition coefficient (Wildman–Crippen LogP) is 1.91. The van der Waals surface area contributed by atoms with Crippen molar-refractivity contribution < 1.29 is 9.53 Å². The third kappa shape index (κ3) is 3.05. The number of hydrazone groups is 1. The predicted molar refractivity (Wildman–Crippen MR) is 50.6 cm³/mol. The molecular formula is C9H16N2O2. The third-order valence-electron chi connectivity index (χ3n) is 2.37. The highest BCUT2D eigenvalue weighted by Crippen LogP contribution is 2.20. The largest absolute Gasteiger partial charge is 0.452 e. The topological polar surface area (TPSA) is 50.7 Å². The first-order chi connectivity index (χ1) is 6.24. The maximum absolute atomic E-state index is 10.7. The first kappa shape index (κ1) is 10.0. The first-order valence-corrected chi connectivity index (χ1v) is 4.64. The van der Waals surface area contributed by atoms with Gasteiger partial charge in [-0.05, 0) is 25.2 Å². The molecule has 1 atom stereocenters. The summed E-state index contributed by atoms with van der Waals surface area (Å²) in [7, 11) is 1.33. The van der Waals surface area contributed by atoms with E-state index in [2.05, 4.69) is 22.2 Å². The quantitative estimate of drug-likeness (QED) is 0.633. The van der Waals surface area contributed by atoms with E-state index >= 15 is 0 Å². The van der Waals surface area contributed by atoms with E-state index in [9.17, 15) is 4.79 Å². The van der Waals surface area contributed by atoms with Gasteiger partial charge in [0.1, 0.15) is 0 Å². The van der Waals surface area contributed by atoms with Crippen LogP contribution >= 0.6 is 0 Å². The van der Waals surface area contributed by atoms with Crippen LogP contribution in [0.4, 0.5) is 4.79 Å². The number of carbonyl (C=O) groups is 1. The number of hydrogen-bond donors (Lipinski definition) is 1. The fraction of sp³-hybridized carbons (Fsp3) is 0.778. The molecule has 1 saturated carbocycles. The van der Waals surface area contributed by atoms with Crippen LogP contribution in [0.25, 0.3) is 0 Å². The summed E-state index contributed by atoms with van der Waals surface area (Å²) < 4.78 is 4.42. The average Bonchev–Trinajstić information content (AvgIpc) is 2.16. The normalized spacial score (nSPS) is 25.7. The van der Waals surface area contributed by atoms with Crippen molar-refractivity contribution in [1.82, 2.24) is 5.43 Å². The van der Waals surface area contributed by atoms with Crippen molar-refractivity contribution in [2.24, 2.45) is 11.0 Å². The van der Waals surface area contributed by atoms with Gasteiger partial charge in [-0.25, -0.2) is 10.2 Å². The van der Waals surface area contributed by atoms with Gasteiger partial charge in [0, 0.05) is 5.71 Å². The Morgan fingerprint density at radius 2 is 2.38 bits per heavy atom. The Bertz CT molecular complexity index is 214. The monoisotopic (exact) mass is 184 g/mol. The van der Waals surface area contributed by atoms with Gasteiger partial charge in [0.25, 0.3) is 0 Å². The molecule has 0 bridgehead atoms. The van der Waals surface area contributed by atoms with Gasteiger partial charge >= 0.3 is 6.09 Å². The molecule has 13 heavy (non-hydrogen) atoms. The second-order valence-corrected chi connectivity index (χ2v) is 3.35. The molecule has 0 radical (unpaired) electrons. The molecule has 1 aliphatic rings. The molecule has 0 aromatic rings. The van der Waals surface area contributed by atoms with Crippen molar-refractivity contribution in [2.45, 2.75) is 32.6 Å². The Kier molecular flexibility index (Phi) is 3.73. The maximum atomic E-state index is 10.7. The highest BCUT2D eigenvalue weighted by Gasteiger charge is 2.15. The molecular weight excluding hydrogens is 168 g/mol. The van der Waals surface area contributed by atoms with Crippen LogP contribution in [-0.2, 0) is 4.74 Å². The van der Waals surface area contributed by atoms with Crippen LogP contribution in [0.3, 0.4) is 0 Å². The van der Waals surface area contributed by atoms with E-state index in [-0.39, 0.29) is 0 Å². The summed E-state index contributed by atoms with van der Waals surface area (Å²) in [5.41, 5.74) is 3.44. The minimum atomic E-state index is -0.495. The van der Waals surface area contributed by atoms with E-state index in [0.29, 0.717) is 5.92 Å². The summed E-state index contributed by atoms with van der Waals surface area (Å²) in [5.74, 6) is 0.492.